The van der Waals surface area contributed by atoms with Gasteiger partial charge in [0, 0.05) is 93.3 Å². The van der Waals surface area contributed by atoms with E-state index in [1.54, 1.807) is 0 Å². The number of hydrogen-bond acceptors (Lipinski definition) is 12. The highest BCUT2D eigenvalue weighted by atomic mass is 16.5. The maximum atomic E-state index is 15.7. The molecule has 13 heteroatoms. The number of hydrogen-bond donors (Lipinski definition) is 3. The van der Waals surface area contributed by atoms with Gasteiger partial charge in [0.05, 0.1) is 43.7 Å². The summed E-state index contributed by atoms with van der Waals surface area (Å²) < 4.78 is 18.7. The van der Waals surface area contributed by atoms with Gasteiger partial charge in [0.1, 0.15) is 6.04 Å². The molecule has 7 fully saturated rings. The first-order valence-electron chi connectivity index (χ1n) is 31.5. The summed E-state index contributed by atoms with van der Waals surface area (Å²) in [5.41, 5.74) is 15.3. The zero-order valence-corrected chi connectivity index (χ0v) is 49.4. The van der Waals surface area contributed by atoms with E-state index >= 15 is 4.79 Å². The van der Waals surface area contributed by atoms with E-state index in [1.165, 1.54) is 83.3 Å². The van der Waals surface area contributed by atoms with Crippen LogP contribution in [0, 0.1) is 40.4 Å². The average Bonchev–Trinajstić information content (AvgIpc) is 3.62. The van der Waals surface area contributed by atoms with Crippen molar-refractivity contribution >= 4 is 23.1 Å². The molecule has 0 radical (unpaired) electrons. The molecular formula is C65H100N8O5. The second-order valence-corrected chi connectivity index (χ2v) is 27.2. The first kappa shape index (κ1) is 56.2. The lowest BCUT2D eigenvalue weighted by molar-refractivity contribution is -0.200. The number of cyclic esters (lactones) is 1. The van der Waals surface area contributed by atoms with Gasteiger partial charge < -0.3 is 39.7 Å². The van der Waals surface area contributed by atoms with E-state index in [1.807, 2.05) is 7.11 Å². The van der Waals surface area contributed by atoms with Gasteiger partial charge in [-0.15, -0.1) is 0 Å². The van der Waals surface area contributed by atoms with E-state index in [4.69, 9.17) is 20.8 Å². The van der Waals surface area contributed by atoms with Crippen molar-refractivity contribution in [1.82, 2.24) is 35.8 Å². The van der Waals surface area contributed by atoms with Crippen molar-refractivity contribution in [2.75, 3.05) is 97.8 Å². The van der Waals surface area contributed by atoms with Crippen molar-refractivity contribution in [2.45, 2.75) is 181 Å². The van der Waals surface area contributed by atoms with Gasteiger partial charge in [0.25, 0.3) is 0 Å². The van der Waals surface area contributed by atoms with E-state index in [9.17, 15) is 4.79 Å². The third kappa shape index (κ3) is 11.1. The molecule has 1 amide bonds. The van der Waals surface area contributed by atoms with E-state index in [-0.39, 0.29) is 52.9 Å². The summed E-state index contributed by atoms with van der Waals surface area (Å²) in [6, 6.07) is 6.78. The van der Waals surface area contributed by atoms with Crippen LogP contribution in [-0.2, 0) is 30.2 Å². The highest BCUT2D eigenvalue weighted by Gasteiger charge is 2.55. The van der Waals surface area contributed by atoms with Crippen LogP contribution < -0.4 is 21.0 Å². The van der Waals surface area contributed by atoms with Crippen LogP contribution in [0.2, 0.25) is 0 Å². The maximum Gasteiger partial charge on any atom is 0.324 e. The highest BCUT2D eigenvalue weighted by molar-refractivity contribution is 5.84. The monoisotopic (exact) mass is 1070 g/mol. The molecule has 6 saturated heterocycles. The van der Waals surface area contributed by atoms with Gasteiger partial charge in [0.2, 0.25) is 5.91 Å². The second kappa shape index (κ2) is 23.6. The van der Waals surface area contributed by atoms with Crippen molar-refractivity contribution in [3.8, 4) is 0 Å². The number of piperidine rings is 3. The Morgan fingerprint density at radius 2 is 1.71 bits per heavy atom. The minimum absolute atomic E-state index is 0.0262. The number of allylic oxidation sites excluding steroid dienone is 4. The number of benzene rings is 1. The van der Waals surface area contributed by atoms with E-state index in [0.717, 1.165) is 129 Å². The summed E-state index contributed by atoms with van der Waals surface area (Å²) in [6.07, 6.45) is 19.7. The number of amides is 1. The fourth-order valence-electron chi connectivity index (χ4n) is 17.1. The van der Waals surface area contributed by atoms with Crippen LogP contribution in [0.1, 0.15) is 149 Å². The molecule has 430 valence electrons. The quantitative estimate of drug-likeness (QED) is 0.194. The average molecular weight is 1070 g/mol. The van der Waals surface area contributed by atoms with Crippen molar-refractivity contribution in [3.05, 3.63) is 70.1 Å². The molecule has 4 bridgehead atoms. The predicted octanol–water partition coefficient (Wildman–Crippen LogP) is 9.11. The molecule has 13 nitrogen and oxygen atoms in total. The van der Waals surface area contributed by atoms with Gasteiger partial charge >= 0.3 is 5.97 Å². The fraction of sp³-hybridized carbons (Fsp3) is 0.754. The Hall–Kier alpha value is -3.72. The molecule has 6 unspecified atom stereocenters. The van der Waals surface area contributed by atoms with Crippen LogP contribution in [0.5, 0.6) is 0 Å². The molecule has 10 aliphatic rings. The van der Waals surface area contributed by atoms with Crippen LogP contribution in [0.15, 0.2) is 59.0 Å². The second-order valence-electron chi connectivity index (χ2n) is 27.2. The number of carbonyl (C=O) groups excluding carboxylic acids is 2. The van der Waals surface area contributed by atoms with Crippen molar-refractivity contribution in [1.29, 1.82) is 0 Å². The third-order valence-electron chi connectivity index (χ3n) is 21.2. The molecule has 8 heterocycles. The number of rotatable bonds is 10. The molecule has 3 N–H and O–H groups in total. The molecule has 1 aromatic carbocycles. The number of anilines is 1. The number of nitrogens with one attached hydrogen (secondary N) is 3. The van der Waals surface area contributed by atoms with Gasteiger partial charge in [-0.05, 0) is 180 Å². The molecule has 1 aromatic rings. The maximum absolute atomic E-state index is 15.7. The Morgan fingerprint density at radius 3 is 2.44 bits per heavy atom. The summed E-state index contributed by atoms with van der Waals surface area (Å²) in [4.78, 5) is 40.8. The summed E-state index contributed by atoms with van der Waals surface area (Å²) in [6.45, 7) is 29.1. The standard InChI is InChI=1S/C65H100N8O5/c1-10-28-70-31-25-57(71-37-65(38-71)40-77-41-65)59(67-62(74)60-42(3)50-17-12-13-18-51(50)56-20-14-15-29-72(56)60)43(4)73-30-16-19-55(68-73)63(75)78-39-64(6,7)35-54-52-34-49(70)22-21-47(52)32-45(11-2)58(54)53-33-48(46-23-26-66-27-24-46)36-69(8)61(53)44(5)76-9/h21-22,33-34,42,44-46,50-51,55-57,59-60,66,68H,4,10-20,23-32,35-41H2,1-3,5-9H3,(H,67,74)/t42?,44-,45?,50?,51?,55?,56-,57?,59+,60-/m0/s1. The van der Waals surface area contributed by atoms with Crippen LogP contribution in [0.4, 0.5) is 5.69 Å². The Bertz CT molecular complexity index is 2450. The number of likely N-dealkylation sites (N-methyl/N-ethyl adjacent to an activating group) is 1. The lowest BCUT2D eigenvalue weighted by Gasteiger charge is -2.59. The largest absolute Gasteiger partial charge is 0.464 e. The minimum atomic E-state index is -0.521. The molecule has 78 heavy (non-hydrogen) atoms. The Kier molecular flexibility index (Phi) is 17.0. The molecule has 1 spiro atoms. The summed E-state index contributed by atoms with van der Waals surface area (Å²) in [7, 11) is 4.13. The summed E-state index contributed by atoms with van der Waals surface area (Å²) >= 11 is 0. The Morgan fingerprint density at radius 1 is 0.936 bits per heavy atom. The Labute approximate surface area is 469 Å². The van der Waals surface area contributed by atoms with E-state index in [0.29, 0.717) is 49.3 Å². The molecule has 8 aliphatic heterocycles. The molecule has 0 aromatic heterocycles. The third-order valence-corrected chi connectivity index (χ3v) is 21.2. The van der Waals surface area contributed by atoms with Crippen LogP contribution in [0.3, 0.4) is 0 Å². The normalized spacial score (nSPS) is 33.7. The number of esters is 1. The topological polar surface area (TPSA) is 114 Å². The number of fused-ring (bicyclic) bond motifs is 6. The fourth-order valence-corrected chi connectivity index (χ4v) is 17.1. The Balaban J connectivity index is 1.01. The van der Waals surface area contributed by atoms with Crippen molar-refractivity contribution < 1.29 is 23.8 Å². The molecular weight excluding hydrogens is 973 g/mol. The van der Waals surface area contributed by atoms with Gasteiger partial charge in [-0.25, -0.2) is 5.43 Å². The van der Waals surface area contributed by atoms with Gasteiger partial charge in [0.15, 0.2) is 0 Å². The van der Waals surface area contributed by atoms with Crippen molar-refractivity contribution in [3.63, 3.8) is 0 Å². The molecule has 11 rings (SSSR count). The summed E-state index contributed by atoms with van der Waals surface area (Å²) in [5.74, 6) is 2.35. The number of ether oxygens (including phenoxy) is 3. The van der Waals surface area contributed by atoms with Crippen molar-refractivity contribution in [2.24, 2.45) is 40.4 Å². The number of methoxy groups -OCH3 is 1. The van der Waals surface area contributed by atoms with Crippen LogP contribution in [0.25, 0.3) is 5.57 Å². The lowest BCUT2D eigenvalue weighted by Crippen LogP contribution is -2.72. The molecule has 1 saturated carbocycles. The zero-order chi connectivity index (χ0) is 54.5. The van der Waals surface area contributed by atoms with Gasteiger partial charge in [-0.2, -0.15) is 0 Å². The number of carbonyl (C=O) groups is 2. The number of hydrazine groups is 1. The lowest BCUT2D eigenvalue weighted by atomic mass is 9.62. The number of nitrogens with zero attached hydrogens (tertiary/aromatic N) is 5. The first-order chi connectivity index (χ1) is 37.7. The molecule has 2 aliphatic carbocycles. The van der Waals surface area contributed by atoms with Gasteiger partial charge in [-0.3, -0.25) is 19.4 Å². The van der Waals surface area contributed by atoms with Gasteiger partial charge in [-0.1, -0.05) is 72.6 Å². The SMILES string of the molecule is C=C1[C@@H](NC(=O)[C@@H]2C(C)C3CCCCC3[C@@H]3CCCCN23)C(N2CC3(COC3)C2)CCN(CCC)c2ccc3c(c2)C(=C(C2=C([C@H](C)OC)N(C)CC(C4CCNCC4)=C2)C(CC)C3)CC(C)(C)COC(=O)C2CCCN1N2. The number of likely N-dealkylation sites (tertiary alicyclic amines) is 1. The minimum Gasteiger partial charge on any atom is -0.464 e. The van der Waals surface area contributed by atoms with Crippen LogP contribution >= 0.6 is 0 Å². The predicted molar refractivity (Wildman–Crippen MR) is 312 cm³/mol. The zero-order valence-electron chi connectivity index (χ0n) is 49.4. The smallest absolute Gasteiger partial charge is 0.324 e. The first-order valence-corrected chi connectivity index (χ1v) is 31.5. The molecule has 10 atom stereocenters. The van der Waals surface area contributed by atoms with E-state index in [2.05, 4.69) is 114 Å². The van der Waals surface area contributed by atoms with Crippen LogP contribution in [-0.4, -0.2) is 161 Å². The highest BCUT2D eigenvalue weighted by Crippen LogP contribution is 2.51. The summed E-state index contributed by atoms with van der Waals surface area (Å²) in [5, 5.41) is 9.63. The van der Waals surface area contributed by atoms with E-state index < -0.39 is 6.04 Å².